The molecule has 19 heavy (non-hydrogen) atoms. The van der Waals surface area contributed by atoms with E-state index < -0.39 is 5.97 Å². The summed E-state index contributed by atoms with van der Waals surface area (Å²) in [6.45, 7) is 0.686. The maximum Gasteiger partial charge on any atom is 0.372 e. The van der Waals surface area contributed by atoms with Crippen LogP contribution in [0.2, 0.25) is 0 Å². The molecule has 98 valence electrons. The number of carboxylic acid groups (broad SMARTS) is 1. The van der Waals surface area contributed by atoms with E-state index in [-0.39, 0.29) is 11.6 Å². The van der Waals surface area contributed by atoms with Gasteiger partial charge in [0.1, 0.15) is 5.82 Å². The SMILES string of the molecule is O=C(O)c1nc(-c2ccc(F)cc2)c2n1CCCC2. The Bertz CT molecular complexity index is 632. The first-order chi connectivity index (χ1) is 9.16. The molecule has 0 amide bonds. The number of hydrogen-bond donors (Lipinski definition) is 1. The van der Waals surface area contributed by atoms with E-state index in [4.69, 9.17) is 0 Å². The van der Waals surface area contributed by atoms with E-state index in [0.717, 1.165) is 30.5 Å². The molecule has 0 bridgehead atoms. The number of halogens is 1. The van der Waals surface area contributed by atoms with Crippen molar-refractivity contribution in [2.75, 3.05) is 0 Å². The van der Waals surface area contributed by atoms with Crippen molar-refractivity contribution in [1.82, 2.24) is 9.55 Å². The highest BCUT2D eigenvalue weighted by Gasteiger charge is 2.24. The van der Waals surface area contributed by atoms with E-state index in [1.54, 1.807) is 16.7 Å². The Hall–Kier alpha value is -2.17. The molecule has 0 aliphatic carbocycles. The van der Waals surface area contributed by atoms with Crippen LogP contribution < -0.4 is 0 Å². The summed E-state index contributed by atoms with van der Waals surface area (Å²) in [5, 5.41) is 9.20. The molecule has 0 radical (unpaired) electrons. The molecular weight excluding hydrogens is 247 g/mol. The number of nitrogens with zero attached hydrogens (tertiary/aromatic N) is 2. The predicted octanol–water partition coefficient (Wildman–Crippen LogP) is 2.72. The zero-order chi connectivity index (χ0) is 13.4. The second-order valence-electron chi connectivity index (χ2n) is 4.65. The van der Waals surface area contributed by atoms with Crippen LogP contribution in [0.1, 0.15) is 29.2 Å². The van der Waals surface area contributed by atoms with Crippen LogP contribution in [0.3, 0.4) is 0 Å². The summed E-state index contributed by atoms with van der Waals surface area (Å²) < 4.78 is 14.7. The number of hydrogen-bond acceptors (Lipinski definition) is 2. The van der Waals surface area contributed by atoms with Crippen LogP contribution in [0.4, 0.5) is 4.39 Å². The third-order valence-corrected chi connectivity index (χ3v) is 3.43. The monoisotopic (exact) mass is 260 g/mol. The average Bonchev–Trinajstić information content (AvgIpc) is 2.79. The fourth-order valence-electron chi connectivity index (χ4n) is 2.55. The summed E-state index contributed by atoms with van der Waals surface area (Å²) in [4.78, 5) is 15.5. The van der Waals surface area contributed by atoms with Crippen molar-refractivity contribution in [1.29, 1.82) is 0 Å². The van der Waals surface area contributed by atoms with Crippen LogP contribution >= 0.6 is 0 Å². The Balaban J connectivity index is 2.16. The highest BCUT2D eigenvalue weighted by molar-refractivity contribution is 5.85. The summed E-state index contributed by atoms with van der Waals surface area (Å²) in [5.41, 5.74) is 2.37. The highest BCUT2D eigenvalue weighted by Crippen LogP contribution is 2.29. The van der Waals surface area contributed by atoms with E-state index in [9.17, 15) is 14.3 Å². The lowest BCUT2D eigenvalue weighted by molar-refractivity contribution is 0.0677. The van der Waals surface area contributed by atoms with Crippen molar-refractivity contribution in [3.8, 4) is 11.3 Å². The normalized spacial score (nSPS) is 14.2. The number of rotatable bonds is 2. The lowest BCUT2D eigenvalue weighted by atomic mass is 10.0. The van der Waals surface area contributed by atoms with Crippen LogP contribution in [0.15, 0.2) is 24.3 Å². The molecule has 1 N–H and O–H groups in total. The summed E-state index contributed by atoms with van der Waals surface area (Å²) in [7, 11) is 0. The van der Waals surface area contributed by atoms with Crippen molar-refractivity contribution < 1.29 is 14.3 Å². The molecule has 4 nitrogen and oxygen atoms in total. The number of aromatic carboxylic acids is 1. The van der Waals surface area contributed by atoms with Gasteiger partial charge < -0.3 is 9.67 Å². The zero-order valence-corrected chi connectivity index (χ0v) is 10.3. The van der Waals surface area contributed by atoms with Crippen molar-refractivity contribution in [3.05, 3.63) is 41.6 Å². The fraction of sp³-hybridized carbons (Fsp3) is 0.286. The quantitative estimate of drug-likeness (QED) is 0.903. The van der Waals surface area contributed by atoms with E-state index >= 15 is 0 Å². The standard InChI is InChI=1S/C14H13FN2O2/c15-10-6-4-9(5-7-10)12-11-3-1-2-8-17(11)13(16-12)14(18)19/h4-7H,1-3,8H2,(H,18,19). The molecule has 0 saturated carbocycles. The molecule has 1 aliphatic rings. The van der Waals surface area contributed by atoms with E-state index in [2.05, 4.69) is 4.98 Å². The fourth-order valence-corrected chi connectivity index (χ4v) is 2.55. The molecule has 1 aromatic carbocycles. The van der Waals surface area contributed by atoms with Gasteiger partial charge in [0.25, 0.3) is 0 Å². The third kappa shape index (κ3) is 2.01. The average molecular weight is 260 g/mol. The van der Waals surface area contributed by atoms with Gasteiger partial charge in [0.15, 0.2) is 0 Å². The summed E-state index contributed by atoms with van der Waals surface area (Å²) >= 11 is 0. The molecule has 5 heteroatoms. The number of fused-ring (bicyclic) bond motifs is 1. The summed E-state index contributed by atoms with van der Waals surface area (Å²) in [5.74, 6) is -1.25. The van der Waals surface area contributed by atoms with Gasteiger partial charge in [0.2, 0.25) is 5.82 Å². The van der Waals surface area contributed by atoms with Crippen LogP contribution in [-0.4, -0.2) is 20.6 Å². The number of carbonyl (C=O) groups is 1. The molecule has 0 atom stereocenters. The van der Waals surface area contributed by atoms with Crippen molar-refractivity contribution >= 4 is 5.97 Å². The van der Waals surface area contributed by atoms with E-state index in [1.165, 1.54) is 12.1 Å². The van der Waals surface area contributed by atoms with Gasteiger partial charge in [0, 0.05) is 17.8 Å². The van der Waals surface area contributed by atoms with Crippen molar-refractivity contribution in [2.24, 2.45) is 0 Å². The molecule has 0 unspecified atom stereocenters. The van der Waals surface area contributed by atoms with E-state index in [0.29, 0.717) is 12.2 Å². The minimum absolute atomic E-state index is 0.0778. The number of imidazole rings is 1. The minimum atomic E-state index is -1.02. The topological polar surface area (TPSA) is 55.1 Å². The second kappa shape index (κ2) is 4.50. The lowest BCUT2D eigenvalue weighted by Crippen LogP contribution is -2.16. The first-order valence-corrected chi connectivity index (χ1v) is 6.25. The number of aromatic nitrogens is 2. The minimum Gasteiger partial charge on any atom is -0.475 e. The largest absolute Gasteiger partial charge is 0.475 e. The molecule has 0 fully saturated rings. The Kier molecular flexibility index (Phi) is 2.81. The summed E-state index contributed by atoms with van der Waals surface area (Å²) in [6.07, 6.45) is 2.80. The molecule has 1 aliphatic heterocycles. The van der Waals surface area contributed by atoms with Gasteiger partial charge in [-0.05, 0) is 43.5 Å². The Morgan fingerprint density at radius 2 is 2.00 bits per heavy atom. The summed E-state index contributed by atoms with van der Waals surface area (Å²) in [6, 6.07) is 6.01. The molecule has 0 spiro atoms. The van der Waals surface area contributed by atoms with Crippen molar-refractivity contribution in [3.63, 3.8) is 0 Å². The van der Waals surface area contributed by atoms with Crippen LogP contribution in [0, 0.1) is 5.82 Å². The van der Waals surface area contributed by atoms with Gasteiger partial charge in [0.05, 0.1) is 5.69 Å². The van der Waals surface area contributed by atoms with Gasteiger partial charge in [-0.3, -0.25) is 0 Å². The van der Waals surface area contributed by atoms with Gasteiger partial charge in [-0.15, -0.1) is 0 Å². The lowest BCUT2D eigenvalue weighted by Gasteiger charge is -2.16. The third-order valence-electron chi connectivity index (χ3n) is 3.43. The van der Waals surface area contributed by atoms with E-state index in [1.807, 2.05) is 0 Å². The molecule has 2 aromatic rings. The molecular formula is C14H13FN2O2. The number of benzene rings is 1. The van der Waals surface area contributed by atoms with Gasteiger partial charge >= 0.3 is 5.97 Å². The highest BCUT2D eigenvalue weighted by atomic mass is 19.1. The molecule has 1 aromatic heterocycles. The van der Waals surface area contributed by atoms with Crippen LogP contribution in [-0.2, 0) is 13.0 Å². The molecule has 3 rings (SSSR count). The Morgan fingerprint density at radius 1 is 1.26 bits per heavy atom. The second-order valence-corrected chi connectivity index (χ2v) is 4.65. The number of carboxylic acids is 1. The first-order valence-electron chi connectivity index (χ1n) is 6.25. The predicted molar refractivity (Wildman–Crippen MR) is 67.5 cm³/mol. The first kappa shape index (κ1) is 11.9. The maximum atomic E-state index is 13.0. The molecule has 0 saturated heterocycles. The Labute approximate surface area is 109 Å². The van der Waals surface area contributed by atoms with Gasteiger partial charge in [-0.2, -0.15) is 0 Å². The van der Waals surface area contributed by atoms with Gasteiger partial charge in [-0.1, -0.05) is 0 Å². The van der Waals surface area contributed by atoms with Crippen molar-refractivity contribution in [2.45, 2.75) is 25.8 Å². The Morgan fingerprint density at radius 3 is 2.68 bits per heavy atom. The smallest absolute Gasteiger partial charge is 0.372 e. The molecule has 2 heterocycles. The van der Waals surface area contributed by atoms with Gasteiger partial charge in [-0.25, -0.2) is 14.2 Å². The maximum absolute atomic E-state index is 13.0. The zero-order valence-electron chi connectivity index (χ0n) is 10.3. The van der Waals surface area contributed by atoms with Crippen LogP contribution in [0.5, 0.6) is 0 Å². The van der Waals surface area contributed by atoms with Crippen LogP contribution in [0.25, 0.3) is 11.3 Å².